The normalized spacial score (nSPS) is 28.7. The Bertz CT molecular complexity index is 1230. The van der Waals surface area contributed by atoms with Crippen LogP contribution in [0.15, 0.2) is 55.6 Å². The number of hydrogen-bond donors (Lipinski definition) is 2. The molecule has 1 aromatic carbocycles. The van der Waals surface area contributed by atoms with Crippen molar-refractivity contribution in [3.8, 4) is 0 Å². The molecule has 3 saturated heterocycles. The Morgan fingerprint density at radius 2 is 1.93 bits per heavy atom. The summed E-state index contributed by atoms with van der Waals surface area (Å²) < 4.78 is 12.6. The lowest BCUT2D eigenvalue weighted by molar-refractivity contribution is -0.161. The summed E-state index contributed by atoms with van der Waals surface area (Å²) in [6, 6.07) is 7.17. The molecule has 0 aliphatic carbocycles. The average Bonchev–Trinajstić information content (AvgIpc) is 3.59. The Balaban J connectivity index is 1.67. The van der Waals surface area contributed by atoms with Crippen molar-refractivity contribution >= 4 is 39.6 Å². The molecular formula is C32H42BrN3O7. The summed E-state index contributed by atoms with van der Waals surface area (Å²) in [5.41, 5.74) is -0.595. The number of aliphatic hydroxyl groups is 1. The number of likely N-dealkylation sites (tertiary alicyclic amines) is 1. The quantitative estimate of drug-likeness (QED) is 0.179. The predicted molar refractivity (Wildman–Crippen MR) is 164 cm³/mol. The number of halogens is 1. The summed E-state index contributed by atoms with van der Waals surface area (Å²) in [7, 11) is 0. The van der Waals surface area contributed by atoms with E-state index in [1.165, 1.54) is 4.90 Å². The summed E-state index contributed by atoms with van der Waals surface area (Å²) in [6.45, 7) is 12.8. The van der Waals surface area contributed by atoms with Crippen LogP contribution in [0.1, 0.15) is 51.7 Å². The van der Waals surface area contributed by atoms with E-state index in [2.05, 4.69) is 34.4 Å². The van der Waals surface area contributed by atoms with E-state index in [0.29, 0.717) is 18.4 Å². The molecule has 3 heterocycles. The number of carbonyl (C=O) groups is 4. The minimum Gasteiger partial charge on any atom is -0.455 e. The summed E-state index contributed by atoms with van der Waals surface area (Å²) in [6.07, 6.45) is 2.89. The molecule has 1 aromatic rings. The second-order valence-electron chi connectivity index (χ2n) is 11.8. The molecule has 1 unspecified atom stereocenters. The number of alkyl halides is 1. The molecule has 11 heteroatoms. The summed E-state index contributed by atoms with van der Waals surface area (Å²) in [4.78, 5) is 57.5. The standard InChI is InChI=1S/C32H42BrN3O7/c1-6-8-14-24(38)34-17-23(21-12-10-9-11-13-21)42-31(41)25-26-29(39)36(20(5)18-37)28(30(40)35(15-7-2)19(3)4)32(26)16-22(33)27(25)43-32/h6-7,9-13,19-20,22-23,25-28,37H,1-2,8,14-18H2,3-5H3,(H,34,38)/t20-,22?,23+,25-,26+,27-,28-,32+/m1/s1. The molecular weight excluding hydrogens is 618 g/mol. The fourth-order valence-electron chi connectivity index (χ4n) is 6.67. The van der Waals surface area contributed by atoms with Crippen LogP contribution in [-0.2, 0) is 28.7 Å². The van der Waals surface area contributed by atoms with Crippen LogP contribution in [0.25, 0.3) is 0 Å². The van der Waals surface area contributed by atoms with E-state index in [4.69, 9.17) is 9.47 Å². The molecule has 2 bridgehead atoms. The van der Waals surface area contributed by atoms with Gasteiger partial charge in [-0.2, -0.15) is 0 Å². The molecule has 4 rings (SSSR count). The second-order valence-corrected chi connectivity index (χ2v) is 13.0. The topological polar surface area (TPSA) is 125 Å². The van der Waals surface area contributed by atoms with Crippen molar-refractivity contribution in [3.63, 3.8) is 0 Å². The van der Waals surface area contributed by atoms with Gasteiger partial charge in [0.25, 0.3) is 0 Å². The van der Waals surface area contributed by atoms with Gasteiger partial charge in [0.1, 0.15) is 17.7 Å². The SMILES string of the molecule is C=CCCC(=O)NC[C@H](OC(=O)[C@H]1[C@@H]2O[C@@]3(CC2Br)[C@@H]1C(=O)N([C@H](C)CO)[C@@H]3C(=O)N(CC=C)C(C)C)c1ccccc1. The third-order valence-electron chi connectivity index (χ3n) is 8.69. The fourth-order valence-corrected chi connectivity index (χ4v) is 7.61. The van der Waals surface area contributed by atoms with Crippen LogP contribution in [0.3, 0.4) is 0 Å². The molecule has 3 amide bonds. The number of rotatable bonds is 14. The van der Waals surface area contributed by atoms with Crippen molar-refractivity contribution in [2.75, 3.05) is 19.7 Å². The Labute approximate surface area is 261 Å². The monoisotopic (exact) mass is 659 g/mol. The zero-order valence-corrected chi connectivity index (χ0v) is 26.6. The maximum absolute atomic E-state index is 14.2. The Kier molecular flexibility index (Phi) is 10.5. The summed E-state index contributed by atoms with van der Waals surface area (Å²) in [5.74, 6) is -3.54. The molecule has 0 radical (unpaired) electrons. The van der Waals surface area contributed by atoms with Gasteiger partial charge in [-0.15, -0.1) is 13.2 Å². The lowest BCUT2D eigenvalue weighted by atomic mass is 9.70. The number of allylic oxidation sites excluding steroid dienone is 1. The minimum absolute atomic E-state index is 0.0468. The molecule has 0 saturated carbocycles. The third-order valence-corrected chi connectivity index (χ3v) is 9.54. The van der Waals surface area contributed by atoms with E-state index in [9.17, 15) is 24.3 Å². The second kappa shape index (κ2) is 13.7. The van der Waals surface area contributed by atoms with E-state index in [0.717, 1.165) is 0 Å². The Morgan fingerprint density at radius 1 is 1.23 bits per heavy atom. The van der Waals surface area contributed by atoms with Crippen molar-refractivity contribution in [2.45, 2.75) is 80.8 Å². The highest BCUT2D eigenvalue weighted by molar-refractivity contribution is 9.09. The maximum Gasteiger partial charge on any atom is 0.313 e. The maximum atomic E-state index is 14.2. The first-order chi connectivity index (χ1) is 20.5. The lowest BCUT2D eigenvalue weighted by Crippen LogP contribution is -2.59. The number of nitrogens with one attached hydrogen (secondary N) is 1. The lowest BCUT2D eigenvalue weighted by Gasteiger charge is -2.39. The van der Waals surface area contributed by atoms with E-state index >= 15 is 0 Å². The highest BCUT2D eigenvalue weighted by Crippen LogP contribution is 2.60. The van der Waals surface area contributed by atoms with Gasteiger partial charge in [0.15, 0.2) is 0 Å². The molecule has 10 nitrogen and oxygen atoms in total. The van der Waals surface area contributed by atoms with Gasteiger partial charge in [-0.1, -0.05) is 58.4 Å². The summed E-state index contributed by atoms with van der Waals surface area (Å²) >= 11 is 3.67. The molecule has 1 spiro atoms. The van der Waals surface area contributed by atoms with Gasteiger partial charge in [-0.3, -0.25) is 19.2 Å². The number of fused-ring (bicyclic) bond motifs is 1. The van der Waals surface area contributed by atoms with E-state index in [1.807, 2.05) is 32.0 Å². The first kappa shape index (κ1) is 32.9. The largest absolute Gasteiger partial charge is 0.455 e. The number of aliphatic hydroxyl groups excluding tert-OH is 1. The Hall–Kier alpha value is -3.02. The number of benzene rings is 1. The number of nitrogens with zero attached hydrogens (tertiary/aromatic N) is 2. The van der Waals surface area contributed by atoms with Crippen LogP contribution in [-0.4, -0.2) is 93.0 Å². The fraction of sp³-hybridized carbons (Fsp3) is 0.562. The average molecular weight is 661 g/mol. The zero-order chi connectivity index (χ0) is 31.5. The van der Waals surface area contributed by atoms with Gasteiger partial charge >= 0.3 is 5.97 Å². The zero-order valence-electron chi connectivity index (χ0n) is 25.0. The number of esters is 1. The molecule has 3 aliphatic rings. The predicted octanol–water partition coefficient (Wildman–Crippen LogP) is 2.91. The molecule has 2 N–H and O–H groups in total. The van der Waals surface area contributed by atoms with Crippen molar-refractivity contribution in [3.05, 3.63) is 61.2 Å². The van der Waals surface area contributed by atoms with Gasteiger partial charge in [0, 0.05) is 23.8 Å². The van der Waals surface area contributed by atoms with E-state index in [1.54, 1.807) is 36.1 Å². The number of carbonyl (C=O) groups excluding carboxylic acids is 4. The van der Waals surface area contributed by atoms with Crippen LogP contribution >= 0.6 is 15.9 Å². The number of ether oxygens (including phenoxy) is 2. The molecule has 0 aromatic heterocycles. The smallest absolute Gasteiger partial charge is 0.313 e. The van der Waals surface area contributed by atoms with Crippen LogP contribution < -0.4 is 5.32 Å². The molecule has 3 aliphatic heterocycles. The van der Waals surface area contributed by atoms with Crippen molar-refractivity contribution < 1.29 is 33.8 Å². The number of amides is 3. The van der Waals surface area contributed by atoms with Crippen LogP contribution in [0, 0.1) is 11.8 Å². The molecule has 43 heavy (non-hydrogen) atoms. The highest BCUT2D eigenvalue weighted by Gasteiger charge is 2.77. The number of hydrogen-bond acceptors (Lipinski definition) is 7. The Morgan fingerprint density at radius 3 is 2.53 bits per heavy atom. The first-order valence-electron chi connectivity index (χ1n) is 14.8. The van der Waals surface area contributed by atoms with Crippen molar-refractivity contribution in [1.82, 2.24) is 15.1 Å². The summed E-state index contributed by atoms with van der Waals surface area (Å²) in [5, 5.41) is 12.9. The van der Waals surface area contributed by atoms with Crippen molar-refractivity contribution in [1.29, 1.82) is 0 Å². The van der Waals surface area contributed by atoms with Gasteiger partial charge < -0.3 is 29.7 Å². The molecule has 234 valence electrons. The van der Waals surface area contributed by atoms with E-state index in [-0.39, 0.29) is 48.8 Å². The minimum atomic E-state index is -1.28. The van der Waals surface area contributed by atoms with E-state index < -0.39 is 53.6 Å². The highest BCUT2D eigenvalue weighted by atomic mass is 79.9. The first-order valence-corrected chi connectivity index (χ1v) is 15.7. The molecule has 8 atom stereocenters. The van der Waals surface area contributed by atoms with Gasteiger partial charge in [-0.05, 0) is 39.2 Å². The van der Waals surface area contributed by atoms with Gasteiger partial charge in [0.2, 0.25) is 17.7 Å². The van der Waals surface area contributed by atoms with Gasteiger partial charge in [-0.25, -0.2) is 0 Å². The van der Waals surface area contributed by atoms with Crippen LogP contribution in [0.2, 0.25) is 0 Å². The van der Waals surface area contributed by atoms with Crippen molar-refractivity contribution in [2.24, 2.45) is 11.8 Å². The van der Waals surface area contributed by atoms with Crippen LogP contribution in [0.4, 0.5) is 0 Å². The van der Waals surface area contributed by atoms with Crippen LogP contribution in [0.5, 0.6) is 0 Å². The third kappa shape index (κ3) is 6.17. The van der Waals surface area contributed by atoms with Gasteiger partial charge in [0.05, 0.1) is 37.1 Å². The molecule has 3 fully saturated rings.